The van der Waals surface area contributed by atoms with E-state index >= 15 is 0 Å². The average Bonchev–Trinajstić information content (AvgIpc) is 3.09. The Morgan fingerprint density at radius 2 is 1.89 bits per heavy atom. The fraction of sp³-hybridized carbons (Fsp3) is 0.0556. The van der Waals surface area contributed by atoms with E-state index in [0.717, 1.165) is 0 Å². The lowest BCUT2D eigenvalue weighted by Gasteiger charge is -2.14. The molecule has 4 aromatic rings. The van der Waals surface area contributed by atoms with Crippen molar-refractivity contribution >= 4 is 27.6 Å². The third-order valence-corrected chi connectivity index (χ3v) is 4.34. The highest BCUT2D eigenvalue weighted by atomic mass is 19.4. The number of benzene rings is 2. The van der Waals surface area contributed by atoms with Crippen LogP contribution in [-0.2, 0) is 6.18 Å². The Kier molecular flexibility index (Phi) is 3.62. The van der Waals surface area contributed by atoms with Gasteiger partial charge in [-0.1, -0.05) is 0 Å². The summed E-state index contributed by atoms with van der Waals surface area (Å²) in [4.78, 5) is 21.7. The van der Waals surface area contributed by atoms with Crippen LogP contribution in [0.25, 0.3) is 32.8 Å². The number of alkyl halides is 3. The summed E-state index contributed by atoms with van der Waals surface area (Å²) >= 11 is 0. The van der Waals surface area contributed by atoms with Crippen LogP contribution in [0.2, 0.25) is 0 Å². The van der Waals surface area contributed by atoms with Gasteiger partial charge in [0.25, 0.3) is 0 Å². The molecular weight excluding hydrogens is 364 g/mol. The first kappa shape index (κ1) is 17.0. The van der Waals surface area contributed by atoms with Crippen LogP contribution in [0.15, 0.2) is 43.1 Å². The van der Waals surface area contributed by atoms with Gasteiger partial charge in [0.1, 0.15) is 11.3 Å². The summed E-state index contributed by atoms with van der Waals surface area (Å²) < 4.78 is 53.8. The van der Waals surface area contributed by atoms with Crippen LogP contribution >= 0.6 is 0 Å². The Hall–Kier alpha value is -3.49. The summed E-state index contributed by atoms with van der Waals surface area (Å²) in [5, 5.41) is 1.74. The van der Waals surface area contributed by atoms with E-state index in [9.17, 15) is 22.4 Å². The van der Waals surface area contributed by atoms with Crippen LogP contribution in [-0.4, -0.2) is 15.9 Å². The fourth-order valence-corrected chi connectivity index (χ4v) is 3.17. The summed E-state index contributed by atoms with van der Waals surface area (Å²) in [6, 6.07) is 2.48. The van der Waals surface area contributed by atoms with Crippen molar-refractivity contribution in [2.24, 2.45) is 5.73 Å². The molecule has 0 atom stereocenters. The van der Waals surface area contributed by atoms with Crippen LogP contribution in [0, 0.1) is 5.82 Å². The lowest BCUT2D eigenvalue weighted by molar-refractivity contribution is -0.380. The van der Waals surface area contributed by atoms with Crippen LogP contribution in [0.5, 0.6) is 0 Å². The van der Waals surface area contributed by atoms with Crippen molar-refractivity contribution in [3.63, 3.8) is 0 Å². The number of hydrogen-bond acceptors (Lipinski definition) is 2. The van der Waals surface area contributed by atoms with Crippen molar-refractivity contribution in [1.29, 1.82) is 0 Å². The number of nitrogens with two attached hydrogens (primary N) is 1. The molecule has 0 aliphatic carbocycles. The zero-order valence-corrected chi connectivity index (χ0v) is 13.5. The lowest BCUT2D eigenvalue weighted by Crippen LogP contribution is -2.16. The van der Waals surface area contributed by atoms with Crippen LogP contribution in [0.4, 0.5) is 17.6 Å². The Labute approximate surface area is 148 Å². The first-order valence-corrected chi connectivity index (χ1v) is 7.73. The molecule has 1 amide bonds. The van der Waals surface area contributed by atoms with Gasteiger partial charge in [-0.25, -0.2) is 9.37 Å². The molecule has 4 rings (SSSR count). The van der Waals surface area contributed by atoms with E-state index in [1.807, 2.05) is 0 Å². The number of rotatable bonds is 2. The molecule has 0 aliphatic heterocycles. The minimum absolute atomic E-state index is 0.225. The van der Waals surface area contributed by atoms with E-state index in [1.54, 1.807) is 24.8 Å². The Balaban J connectivity index is 2.12. The van der Waals surface area contributed by atoms with Gasteiger partial charge in [-0.05, 0) is 23.8 Å². The molecule has 0 saturated heterocycles. The molecule has 0 radical (unpaired) electrons. The normalized spacial score (nSPS) is 12.0. The van der Waals surface area contributed by atoms with Crippen molar-refractivity contribution < 1.29 is 27.3 Å². The van der Waals surface area contributed by atoms with Crippen LogP contribution in [0.3, 0.4) is 0 Å². The predicted octanol–water partition coefficient (Wildman–Crippen LogP) is 3.45. The van der Waals surface area contributed by atoms with Crippen LogP contribution < -0.4 is 10.7 Å². The van der Waals surface area contributed by atoms with E-state index in [4.69, 9.17) is 5.73 Å². The maximum atomic E-state index is 14.8. The number of amides is 1. The lowest BCUT2D eigenvalue weighted by atomic mass is 9.92. The quantitative estimate of drug-likeness (QED) is 0.526. The second-order valence-electron chi connectivity index (χ2n) is 5.97. The maximum absolute atomic E-state index is 14.8. The molecule has 9 heteroatoms. The molecule has 136 valence electrons. The standard InChI is InChI=1S/C18H10F4N4O/c19-14-3-9(18(20,21)22)2-11(17(23)27)15(14)10-1-8-4-25-7-26-16(8)13-6-24-5-12(10)13/h1-7H,(H2,23,27)(H,25,26)/p+1. The summed E-state index contributed by atoms with van der Waals surface area (Å²) in [5.41, 5.74) is 4.07. The highest BCUT2D eigenvalue weighted by Crippen LogP contribution is 2.39. The molecule has 2 aromatic heterocycles. The Morgan fingerprint density at radius 1 is 1.15 bits per heavy atom. The summed E-state index contributed by atoms with van der Waals surface area (Å²) in [5.74, 6) is -2.35. The van der Waals surface area contributed by atoms with Gasteiger partial charge < -0.3 is 5.73 Å². The molecule has 27 heavy (non-hydrogen) atoms. The van der Waals surface area contributed by atoms with Crippen LogP contribution in [0.1, 0.15) is 15.9 Å². The van der Waals surface area contributed by atoms with E-state index in [-0.39, 0.29) is 11.1 Å². The van der Waals surface area contributed by atoms with Crippen molar-refractivity contribution in [2.75, 3.05) is 0 Å². The van der Waals surface area contributed by atoms with Crippen molar-refractivity contribution in [1.82, 2.24) is 9.97 Å². The fourth-order valence-electron chi connectivity index (χ4n) is 3.17. The summed E-state index contributed by atoms with van der Waals surface area (Å²) in [6.07, 6.45) is 1.41. The van der Waals surface area contributed by atoms with Gasteiger partial charge in [0.05, 0.1) is 22.7 Å². The van der Waals surface area contributed by atoms with Crippen molar-refractivity contribution in [2.45, 2.75) is 6.18 Å². The van der Waals surface area contributed by atoms with Gasteiger partial charge in [0.15, 0.2) is 0 Å². The van der Waals surface area contributed by atoms with Gasteiger partial charge in [0, 0.05) is 28.7 Å². The number of carbonyl (C=O) groups excluding carboxylic acids is 1. The first-order valence-electron chi connectivity index (χ1n) is 7.73. The van der Waals surface area contributed by atoms with Gasteiger partial charge >= 0.3 is 6.18 Å². The summed E-state index contributed by atoms with van der Waals surface area (Å²) in [6.45, 7) is 0. The van der Waals surface area contributed by atoms with Crippen molar-refractivity contribution in [3.05, 3.63) is 60.1 Å². The topological polar surface area (TPSA) is 85.9 Å². The zero-order chi connectivity index (χ0) is 19.3. The third-order valence-electron chi connectivity index (χ3n) is 4.34. The molecule has 0 bridgehead atoms. The van der Waals surface area contributed by atoms with E-state index in [2.05, 4.69) is 15.0 Å². The molecule has 2 heterocycles. The van der Waals surface area contributed by atoms with E-state index in [1.165, 1.54) is 6.20 Å². The Morgan fingerprint density at radius 3 is 2.59 bits per heavy atom. The van der Waals surface area contributed by atoms with Gasteiger partial charge in [-0.15, -0.1) is 0 Å². The highest BCUT2D eigenvalue weighted by molar-refractivity contribution is 6.14. The van der Waals surface area contributed by atoms with E-state index in [0.29, 0.717) is 33.8 Å². The van der Waals surface area contributed by atoms with Crippen molar-refractivity contribution in [3.8, 4) is 11.1 Å². The Bertz CT molecular complexity index is 1210. The molecule has 0 fully saturated rings. The predicted molar refractivity (Wildman–Crippen MR) is 89.1 cm³/mol. The monoisotopic (exact) mass is 375 g/mol. The number of nitrogens with one attached hydrogen (secondary N) is 2. The molecule has 0 aliphatic rings. The molecule has 0 spiro atoms. The summed E-state index contributed by atoms with van der Waals surface area (Å²) in [7, 11) is 0. The second kappa shape index (κ2) is 5.76. The number of carbonyl (C=O) groups is 1. The number of hydrogen-bond donors (Lipinski definition) is 2. The molecule has 4 N–H and O–H groups in total. The second-order valence-corrected chi connectivity index (χ2v) is 5.97. The minimum Gasteiger partial charge on any atom is -0.366 e. The van der Waals surface area contributed by atoms with E-state index < -0.39 is 29.0 Å². The number of primary amides is 1. The largest absolute Gasteiger partial charge is 0.416 e. The molecule has 0 unspecified atom stereocenters. The van der Waals surface area contributed by atoms with Gasteiger partial charge in [0.2, 0.25) is 12.2 Å². The van der Waals surface area contributed by atoms with Gasteiger partial charge in [-0.3, -0.25) is 14.8 Å². The highest BCUT2D eigenvalue weighted by Gasteiger charge is 2.33. The number of aromatic nitrogens is 3. The maximum Gasteiger partial charge on any atom is 0.416 e. The number of H-pyrrole nitrogens is 2. The molecule has 5 nitrogen and oxygen atoms in total. The third kappa shape index (κ3) is 2.67. The number of aromatic amines is 2. The molecule has 2 aromatic carbocycles. The zero-order valence-electron chi connectivity index (χ0n) is 13.5. The minimum atomic E-state index is -4.81. The molecular formula is C18H11F4N4O+. The number of fused-ring (bicyclic) bond motifs is 3. The number of nitrogens with zero attached hydrogens (tertiary/aromatic N) is 1. The average molecular weight is 375 g/mol. The number of halogens is 4. The SMILES string of the molecule is NC(=O)c1cc(C(F)(F)F)cc(F)c1-c1cc2c[nH+]c[nH]c2c2cncc12. The molecule has 0 saturated carbocycles. The van der Waals surface area contributed by atoms with Gasteiger partial charge in [-0.2, -0.15) is 13.2 Å². The smallest absolute Gasteiger partial charge is 0.366 e. The first-order chi connectivity index (χ1) is 12.8.